The summed E-state index contributed by atoms with van der Waals surface area (Å²) in [7, 11) is 0. The van der Waals surface area contributed by atoms with Crippen LogP contribution in [0.15, 0.2) is 0 Å². The molecule has 0 bridgehead atoms. The fourth-order valence-corrected chi connectivity index (χ4v) is 2.26. The molecule has 0 spiro atoms. The van der Waals surface area contributed by atoms with Crippen molar-refractivity contribution in [2.45, 2.75) is 52.2 Å². The highest BCUT2D eigenvalue weighted by molar-refractivity contribution is 5.68. The van der Waals surface area contributed by atoms with Gasteiger partial charge in [-0.2, -0.15) is 0 Å². The van der Waals surface area contributed by atoms with Gasteiger partial charge in [0.25, 0.3) is 0 Å². The van der Waals surface area contributed by atoms with Gasteiger partial charge in [-0.05, 0) is 60.2 Å². The van der Waals surface area contributed by atoms with Crippen LogP contribution in [0, 0.1) is 0 Å². The smallest absolute Gasteiger partial charge is 0.407 e. The molecule has 1 unspecified atom stereocenters. The van der Waals surface area contributed by atoms with Crippen LogP contribution in [0.4, 0.5) is 4.79 Å². The van der Waals surface area contributed by atoms with E-state index in [9.17, 15) is 4.79 Å². The number of hydrogen-bond donors (Lipinski definition) is 2. The number of morpholine rings is 1. The molecule has 2 N–H and O–H groups in total. The number of nitrogens with zero attached hydrogens (tertiary/aromatic N) is 1. The lowest BCUT2D eigenvalue weighted by atomic mass is 10.1. The van der Waals surface area contributed by atoms with E-state index >= 15 is 0 Å². The van der Waals surface area contributed by atoms with Crippen LogP contribution >= 0.6 is 0 Å². The van der Waals surface area contributed by atoms with Gasteiger partial charge in [-0.15, -0.1) is 0 Å². The predicted molar refractivity (Wildman–Crippen MR) is 88.2 cm³/mol. The molecule has 6 heteroatoms. The van der Waals surface area contributed by atoms with E-state index in [0.717, 1.165) is 58.8 Å². The number of alkyl carbamates (subject to hydrolysis) is 1. The van der Waals surface area contributed by atoms with Gasteiger partial charge in [-0.1, -0.05) is 0 Å². The molecule has 0 aliphatic carbocycles. The molecular weight excluding hydrogens is 282 g/mol. The van der Waals surface area contributed by atoms with Crippen molar-refractivity contribution in [1.82, 2.24) is 15.5 Å². The van der Waals surface area contributed by atoms with Crippen molar-refractivity contribution in [2.24, 2.45) is 0 Å². The lowest BCUT2D eigenvalue weighted by Gasteiger charge is -2.26. The van der Waals surface area contributed by atoms with Crippen LogP contribution in [-0.2, 0) is 9.47 Å². The Morgan fingerprint density at radius 1 is 1.27 bits per heavy atom. The van der Waals surface area contributed by atoms with E-state index in [1.54, 1.807) is 0 Å². The summed E-state index contributed by atoms with van der Waals surface area (Å²) in [4.78, 5) is 14.0. The lowest BCUT2D eigenvalue weighted by molar-refractivity contribution is 0.0374. The number of carbonyl (C=O) groups is 1. The van der Waals surface area contributed by atoms with Crippen molar-refractivity contribution in [3.8, 4) is 0 Å². The molecule has 22 heavy (non-hydrogen) atoms. The van der Waals surface area contributed by atoms with Gasteiger partial charge in [-0.25, -0.2) is 4.79 Å². The molecule has 1 aliphatic heterocycles. The molecule has 130 valence electrons. The molecule has 1 amide bonds. The second-order valence-electron chi connectivity index (χ2n) is 6.94. The number of hydrogen-bond acceptors (Lipinski definition) is 5. The first kappa shape index (κ1) is 19.2. The number of amides is 1. The predicted octanol–water partition coefficient (Wildman–Crippen LogP) is 1.60. The zero-order valence-electron chi connectivity index (χ0n) is 14.6. The molecule has 1 aliphatic rings. The van der Waals surface area contributed by atoms with Gasteiger partial charge in [0, 0.05) is 18.6 Å². The Hall–Kier alpha value is -0.850. The molecule has 1 saturated heterocycles. The summed E-state index contributed by atoms with van der Waals surface area (Å²) >= 11 is 0. The van der Waals surface area contributed by atoms with Crippen LogP contribution in [0.1, 0.15) is 40.5 Å². The fraction of sp³-hybridized carbons (Fsp3) is 0.938. The van der Waals surface area contributed by atoms with Crippen LogP contribution < -0.4 is 10.6 Å². The van der Waals surface area contributed by atoms with Crippen LogP contribution in [0.25, 0.3) is 0 Å². The minimum absolute atomic E-state index is 0.0749. The monoisotopic (exact) mass is 315 g/mol. The van der Waals surface area contributed by atoms with Gasteiger partial charge >= 0.3 is 6.09 Å². The SMILES string of the molecule is CC(CCNCCCN1CCOCC1)OC(=O)NC(C)(C)C. The second-order valence-corrected chi connectivity index (χ2v) is 6.94. The maximum Gasteiger partial charge on any atom is 0.407 e. The van der Waals surface area contributed by atoms with E-state index in [1.165, 1.54) is 0 Å². The highest BCUT2D eigenvalue weighted by Crippen LogP contribution is 2.02. The average Bonchev–Trinajstić information content (AvgIpc) is 2.41. The first-order valence-electron chi connectivity index (χ1n) is 8.36. The molecule has 1 fully saturated rings. The van der Waals surface area contributed by atoms with E-state index in [2.05, 4.69) is 15.5 Å². The molecule has 1 atom stereocenters. The summed E-state index contributed by atoms with van der Waals surface area (Å²) in [6, 6.07) is 0. The Bertz CT molecular complexity index is 312. The van der Waals surface area contributed by atoms with Crippen LogP contribution in [0.3, 0.4) is 0 Å². The number of ether oxygens (including phenoxy) is 2. The third-order valence-corrected chi connectivity index (χ3v) is 3.44. The van der Waals surface area contributed by atoms with Gasteiger partial charge in [0.15, 0.2) is 0 Å². The van der Waals surface area contributed by atoms with Crippen molar-refractivity contribution in [1.29, 1.82) is 0 Å². The first-order chi connectivity index (χ1) is 10.4. The zero-order valence-corrected chi connectivity index (χ0v) is 14.6. The van der Waals surface area contributed by atoms with Crippen LogP contribution in [0.5, 0.6) is 0 Å². The third-order valence-electron chi connectivity index (χ3n) is 3.44. The highest BCUT2D eigenvalue weighted by Gasteiger charge is 2.16. The Morgan fingerprint density at radius 2 is 1.95 bits per heavy atom. The third kappa shape index (κ3) is 9.97. The minimum atomic E-state index is -0.340. The van der Waals surface area contributed by atoms with Gasteiger partial charge in [-0.3, -0.25) is 4.90 Å². The minimum Gasteiger partial charge on any atom is -0.446 e. The van der Waals surface area contributed by atoms with Gasteiger partial charge in [0.05, 0.1) is 13.2 Å². The molecule has 0 saturated carbocycles. The van der Waals surface area contributed by atoms with E-state index in [1.807, 2.05) is 27.7 Å². The normalized spacial score (nSPS) is 18.0. The number of rotatable bonds is 8. The van der Waals surface area contributed by atoms with E-state index in [0.29, 0.717) is 0 Å². The second kappa shape index (κ2) is 10.0. The molecule has 1 heterocycles. The van der Waals surface area contributed by atoms with Crippen molar-refractivity contribution >= 4 is 6.09 Å². The van der Waals surface area contributed by atoms with E-state index in [4.69, 9.17) is 9.47 Å². The summed E-state index contributed by atoms with van der Waals surface area (Å²) in [5.74, 6) is 0. The van der Waals surface area contributed by atoms with Crippen LogP contribution in [0.2, 0.25) is 0 Å². The van der Waals surface area contributed by atoms with Crippen LogP contribution in [-0.4, -0.2) is 68.6 Å². The van der Waals surface area contributed by atoms with E-state index < -0.39 is 0 Å². The maximum absolute atomic E-state index is 11.6. The Labute approximate surface area is 134 Å². The fourth-order valence-electron chi connectivity index (χ4n) is 2.26. The van der Waals surface area contributed by atoms with E-state index in [-0.39, 0.29) is 17.7 Å². The van der Waals surface area contributed by atoms with Gasteiger partial charge < -0.3 is 20.1 Å². The molecular formula is C16H33N3O3. The summed E-state index contributed by atoms with van der Waals surface area (Å²) in [6.07, 6.45) is 1.55. The Balaban J connectivity index is 1.96. The maximum atomic E-state index is 11.6. The number of carbonyl (C=O) groups excluding carboxylic acids is 1. The Kier molecular flexibility index (Phi) is 8.75. The highest BCUT2D eigenvalue weighted by atomic mass is 16.6. The summed E-state index contributed by atoms with van der Waals surface area (Å²) in [5.41, 5.74) is -0.255. The molecule has 0 radical (unpaired) electrons. The van der Waals surface area contributed by atoms with Crippen molar-refractivity contribution < 1.29 is 14.3 Å². The number of nitrogens with one attached hydrogen (secondary N) is 2. The average molecular weight is 315 g/mol. The molecule has 6 nitrogen and oxygen atoms in total. The molecule has 0 aromatic carbocycles. The Morgan fingerprint density at radius 3 is 2.59 bits per heavy atom. The summed E-state index contributed by atoms with van der Waals surface area (Å²) < 4.78 is 10.6. The molecule has 1 rings (SSSR count). The van der Waals surface area contributed by atoms with Gasteiger partial charge in [0.2, 0.25) is 0 Å². The largest absolute Gasteiger partial charge is 0.446 e. The zero-order chi connectivity index (χ0) is 16.4. The molecule has 0 aromatic heterocycles. The standard InChI is InChI=1S/C16H33N3O3/c1-14(22-15(20)18-16(2,3)4)6-8-17-7-5-9-19-10-12-21-13-11-19/h14,17H,5-13H2,1-4H3,(H,18,20). The summed E-state index contributed by atoms with van der Waals surface area (Å²) in [5, 5.41) is 6.21. The topological polar surface area (TPSA) is 62.8 Å². The quantitative estimate of drug-likeness (QED) is 0.666. The first-order valence-corrected chi connectivity index (χ1v) is 8.36. The van der Waals surface area contributed by atoms with Crippen molar-refractivity contribution in [2.75, 3.05) is 45.9 Å². The van der Waals surface area contributed by atoms with Crippen molar-refractivity contribution in [3.05, 3.63) is 0 Å². The van der Waals surface area contributed by atoms with Crippen molar-refractivity contribution in [3.63, 3.8) is 0 Å². The summed E-state index contributed by atoms with van der Waals surface area (Å²) in [6.45, 7) is 14.6. The molecule has 0 aromatic rings. The lowest BCUT2D eigenvalue weighted by Crippen LogP contribution is -2.42. The van der Waals surface area contributed by atoms with Gasteiger partial charge in [0.1, 0.15) is 6.10 Å².